The maximum absolute atomic E-state index is 6.50. The Morgan fingerprint density at radius 1 is 0.717 bits per heavy atom. The third kappa shape index (κ3) is 4.03. The number of aryl methyl sites for hydroxylation is 1. The number of nitrogens with zero attached hydrogens (tertiary/aromatic N) is 4. The predicted octanol–water partition coefficient (Wildman–Crippen LogP) is 10.3. The first-order valence-corrected chi connectivity index (χ1v) is 16.3. The molecule has 1 aliphatic heterocycles. The van der Waals surface area contributed by atoms with E-state index in [-0.39, 0.29) is 5.41 Å². The van der Waals surface area contributed by atoms with E-state index in [1.807, 2.05) is 66.5 Å². The smallest absolute Gasteiger partial charge is 0.145 e. The van der Waals surface area contributed by atoms with Crippen LogP contribution in [0.3, 0.4) is 0 Å². The number of hydrogen-bond acceptors (Lipinski definition) is 4. The van der Waals surface area contributed by atoms with Crippen LogP contribution in [-0.2, 0) is 12.5 Å². The summed E-state index contributed by atoms with van der Waals surface area (Å²) >= 11 is 1.87. The lowest BCUT2D eigenvalue weighted by Crippen LogP contribution is -2.23. The van der Waals surface area contributed by atoms with Gasteiger partial charge in [-0.25, -0.2) is 9.97 Å². The van der Waals surface area contributed by atoms with Gasteiger partial charge >= 0.3 is 0 Å². The molecule has 0 aliphatic carbocycles. The van der Waals surface area contributed by atoms with Gasteiger partial charge in [-0.05, 0) is 71.8 Å². The van der Waals surface area contributed by atoms with E-state index >= 15 is 0 Å². The highest BCUT2D eigenvalue weighted by atomic mass is 32.2. The standard InChI is InChI=1S/C40H30N4OS/c1-40(2)30-16-4-7-19-35(30)46-37-31(40)20-21-34-36(37)29-15-10-22-41-39(29)44(34)26-12-9-14-28(24-26)45-27-13-8-11-25(23-27)38-42-32-17-5-6-18-33(32)43(38)3/h4-24H,1-3H3. The van der Waals surface area contributed by atoms with Gasteiger partial charge < -0.3 is 9.30 Å². The lowest BCUT2D eigenvalue weighted by Gasteiger charge is -2.35. The number of benzene rings is 5. The lowest BCUT2D eigenvalue weighted by molar-refractivity contribution is 0.482. The first-order valence-electron chi connectivity index (χ1n) is 15.5. The highest BCUT2D eigenvalue weighted by molar-refractivity contribution is 7.99. The minimum atomic E-state index is -0.105. The minimum Gasteiger partial charge on any atom is -0.457 e. The number of pyridine rings is 1. The van der Waals surface area contributed by atoms with Gasteiger partial charge in [-0.15, -0.1) is 0 Å². The van der Waals surface area contributed by atoms with Crippen LogP contribution < -0.4 is 4.74 Å². The molecule has 0 saturated carbocycles. The van der Waals surface area contributed by atoms with Crippen molar-refractivity contribution in [1.29, 1.82) is 0 Å². The van der Waals surface area contributed by atoms with Crippen LogP contribution in [-0.4, -0.2) is 19.1 Å². The number of rotatable bonds is 4. The van der Waals surface area contributed by atoms with Crippen LogP contribution in [0.25, 0.3) is 50.0 Å². The summed E-state index contributed by atoms with van der Waals surface area (Å²) in [6.07, 6.45) is 1.88. The molecule has 1 aliphatic rings. The number of para-hydroxylation sites is 2. The first-order chi connectivity index (χ1) is 22.5. The van der Waals surface area contributed by atoms with Crippen molar-refractivity contribution in [1.82, 2.24) is 19.1 Å². The fraction of sp³-hybridized carbons (Fsp3) is 0.100. The summed E-state index contributed by atoms with van der Waals surface area (Å²) in [5.41, 5.74) is 8.78. The van der Waals surface area contributed by atoms with Crippen molar-refractivity contribution in [2.24, 2.45) is 7.05 Å². The lowest BCUT2D eigenvalue weighted by atomic mass is 9.77. The summed E-state index contributed by atoms with van der Waals surface area (Å²) < 4.78 is 10.9. The Hall–Kier alpha value is -5.33. The van der Waals surface area contributed by atoms with Gasteiger partial charge in [-0.3, -0.25) is 4.57 Å². The quantitative estimate of drug-likeness (QED) is 0.198. The van der Waals surface area contributed by atoms with E-state index in [1.165, 1.54) is 26.3 Å². The van der Waals surface area contributed by atoms with Gasteiger partial charge in [0.05, 0.1) is 22.2 Å². The number of ether oxygens (including phenoxy) is 1. The summed E-state index contributed by atoms with van der Waals surface area (Å²) in [6, 6.07) is 42.2. The molecule has 3 aromatic heterocycles. The van der Waals surface area contributed by atoms with Gasteiger partial charge in [0.2, 0.25) is 0 Å². The molecule has 8 aromatic rings. The average Bonchev–Trinajstić information content (AvgIpc) is 3.60. The van der Waals surface area contributed by atoms with Crippen molar-refractivity contribution < 1.29 is 4.74 Å². The maximum atomic E-state index is 6.50. The van der Waals surface area contributed by atoms with E-state index in [9.17, 15) is 0 Å². The van der Waals surface area contributed by atoms with Crippen molar-refractivity contribution in [3.8, 4) is 28.6 Å². The zero-order valence-electron chi connectivity index (χ0n) is 25.7. The molecule has 0 fully saturated rings. The summed E-state index contributed by atoms with van der Waals surface area (Å²) in [4.78, 5) is 12.4. The Kier molecular flexibility index (Phi) is 5.93. The van der Waals surface area contributed by atoms with E-state index in [4.69, 9.17) is 14.7 Å². The highest BCUT2D eigenvalue weighted by Gasteiger charge is 2.35. The molecule has 222 valence electrons. The Morgan fingerprint density at radius 2 is 1.52 bits per heavy atom. The molecule has 4 heterocycles. The Bertz CT molecular complexity index is 2490. The Labute approximate surface area is 271 Å². The van der Waals surface area contributed by atoms with Gasteiger partial charge in [-0.2, -0.15) is 0 Å². The third-order valence-electron chi connectivity index (χ3n) is 9.28. The van der Waals surface area contributed by atoms with E-state index in [0.29, 0.717) is 0 Å². The van der Waals surface area contributed by atoms with Crippen molar-refractivity contribution in [2.75, 3.05) is 0 Å². The molecule has 46 heavy (non-hydrogen) atoms. The fourth-order valence-electron chi connectivity index (χ4n) is 7.01. The molecule has 0 unspecified atom stereocenters. The topological polar surface area (TPSA) is 44.9 Å². The van der Waals surface area contributed by atoms with Crippen LogP contribution in [0.5, 0.6) is 11.5 Å². The van der Waals surface area contributed by atoms with E-state index in [2.05, 4.69) is 103 Å². The zero-order valence-corrected chi connectivity index (χ0v) is 26.5. The van der Waals surface area contributed by atoms with Gasteiger partial charge in [0.15, 0.2) is 0 Å². The van der Waals surface area contributed by atoms with Gasteiger partial charge in [0, 0.05) is 50.9 Å². The van der Waals surface area contributed by atoms with Crippen molar-refractivity contribution >= 4 is 44.7 Å². The van der Waals surface area contributed by atoms with Crippen LogP contribution in [0.1, 0.15) is 25.0 Å². The molecule has 9 rings (SSSR count). The Balaban J connectivity index is 1.14. The van der Waals surface area contributed by atoms with Crippen LogP contribution >= 0.6 is 11.8 Å². The minimum absolute atomic E-state index is 0.105. The molecule has 0 atom stereocenters. The first kappa shape index (κ1) is 27.0. The average molecular weight is 615 g/mol. The molecule has 0 saturated heterocycles. The van der Waals surface area contributed by atoms with E-state index in [0.717, 1.165) is 56.2 Å². The monoisotopic (exact) mass is 614 g/mol. The number of hydrogen-bond donors (Lipinski definition) is 0. The second-order valence-corrected chi connectivity index (χ2v) is 13.4. The molecular formula is C40H30N4OS. The van der Waals surface area contributed by atoms with Gasteiger partial charge in [0.25, 0.3) is 0 Å². The maximum Gasteiger partial charge on any atom is 0.145 e. The van der Waals surface area contributed by atoms with Gasteiger partial charge in [-0.1, -0.05) is 80.2 Å². The third-order valence-corrected chi connectivity index (χ3v) is 10.5. The molecule has 6 heteroatoms. The summed E-state index contributed by atoms with van der Waals surface area (Å²) in [6.45, 7) is 4.67. The number of fused-ring (bicyclic) bond motifs is 7. The largest absolute Gasteiger partial charge is 0.457 e. The molecule has 0 radical (unpaired) electrons. The van der Waals surface area contributed by atoms with Crippen molar-refractivity contribution in [3.63, 3.8) is 0 Å². The molecule has 0 bridgehead atoms. The molecular weight excluding hydrogens is 585 g/mol. The van der Waals surface area contributed by atoms with Gasteiger partial charge in [0.1, 0.15) is 23.0 Å². The highest BCUT2D eigenvalue weighted by Crippen LogP contribution is 2.53. The van der Waals surface area contributed by atoms with Crippen LogP contribution in [0, 0.1) is 0 Å². The van der Waals surface area contributed by atoms with Crippen molar-refractivity contribution in [3.05, 3.63) is 139 Å². The van der Waals surface area contributed by atoms with Crippen molar-refractivity contribution in [2.45, 2.75) is 29.1 Å². The second-order valence-electron chi connectivity index (χ2n) is 12.4. The molecule has 0 spiro atoms. The zero-order chi connectivity index (χ0) is 31.0. The van der Waals surface area contributed by atoms with Crippen LogP contribution in [0.15, 0.2) is 137 Å². The predicted molar refractivity (Wildman–Crippen MR) is 187 cm³/mol. The molecule has 0 amide bonds. The van der Waals surface area contributed by atoms with Crippen LogP contribution in [0.2, 0.25) is 0 Å². The molecule has 5 aromatic carbocycles. The fourth-order valence-corrected chi connectivity index (χ4v) is 8.56. The summed E-state index contributed by atoms with van der Waals surface area (Å²) in [7, 11) is 2.05. The van der Waals surface area contributed by atoms with E-state index in [1.54, 1.807) is 0 Å². The summed E-state index contributed by atoms with van der Waals surface area (Å²) in [5, 5.41) is 2.40. The number of imidazole rings is 1. The normalized spacial score (nSPS) is 13.6. The second kappa shape index (κ2) is 10.1. The Morgan fingerprint density at radius 3 is 2.41 bits per heavy atom. The number of aromatic nitrogens is 4. The van der Waals surface area contributed by atoms with Crippen LogP contribution in [0.4, 0.5) is 0 Å². The molecule has 0 N–H and O–H groups in total. The van der Waals surface area contributed by atoms with E-state index < -0.39 is 0 Å². The summed E-state index contributed by atoms with van der Waals surface area (Å²) in [5.74, 6) is 2.42. The molecule has 5 nitrogen and oxygen atoms in total. The SMILES string of the molecule is Cn1c(-c2cccc(Oc3cccc(-n4c5ccc6c(c5c5cccnc54)Sc4ccccc4C6(C)C)c3)c2)nc2ccccc21.